The van der Waals surface area contributed by atoms with E-state index in [0.717, 1.165) is 15.7 Å². The summed E-state index contributed by atoms with van der Waals surface area (Å²) in [5, 5.41) is 3.09. The fourth-order valence-corrected chi connectivity index (χ4v) is 2.18. The lowest BCUT2D eigenvalue weighted by molar-refractivity contribution is 0.104. The molecule has 0 aromatic heterocycles. The van der Waals surface area contributed by atoms with E-state index in [0.29, 0.717) is 5.56 Å². The van der Waals surface area contributed by atoms with Crippen molar-refractivity contribution in [3.05, 3.63) is 75.9 Å². The van der Waals surface area contributed by atoms with Gasteiger partial charge in [-0.05, 0) is 59.1 Å². The summed E-state index contributed by atoms with van der Waals surface area (Å²) in [4.78, 5) is 12.0. The van der Waals surface area contributed by atoms with Crippen molar-refractivity contribution in [2.24, 2.45) is 0 Å². The van der Waals surface area contributed by atoms with E-state index in [1.165, 1.54) is 5.56 Å². The third-order valence-electron chi connectivity index (χ3n) is 3.14. The molecule has 2 nitrogen and oxygen atoms in total. The molecule has 0 aliphatic heterocycles. The fourth-order valence-electron chi connectivity index (χ4n) is 1.78. The van der Waals surface area contributed by atoms with Gasteiger partial charge in [0.15, 0.2) is 5.78 Å². The maximum atomic E-state index is 12.0. The van der Waals surface area contributed by atoms with Crippen molar-refractivity contribution < 1.29 is 4.79 Å². The Labute approximate surface area is 127 Å². The smallest absolute Gasteiger partial charge is 0.187 e. The third-order valence-corrected chi connectivity index (χ3v) is 3.83. The fraction of sp³-hybridized carbons (Fsp3) is 0.118. The van der Waals surface area contributed by atoms with E-state index in [2.05, 4.69) is 21.2 Å². The summed E-state index contributed by atoms with van der Waals surface area (Å²) < 4.78 is 0.961. The monoisotopic (exact) mass is 329 g/mol. The average Bonchev–Trinajstić information content (AvgIpc) is 2.44. The highest BCUT2D eigenvalue weighted by Gasteiger charge is 2.03. The SMILES string of the molecule is Cc1ccc(C(=O)C=CNc2ccccc2Br)cc1C. The van der Waals surface area contributed by atoms with Gasteiger partial charge in [0.1, 0.15) is 0 Å². The second-order valence-corrected chi connectivity index (χ2v) is 5.48. The highest BCUT2D eigenvalue weighted by molar-refractivity contribution is 9.10. The predicted molar refractivity (Wildman–Crippen MR) is 87.2 cm³/mol. The van der Waals surface area contributed by atoms with Crippen molar-refractivity contribution in [3.63, 3.8) is 0 Å². The molecule has 102 valence electrons. The number of allylic oxidation sites excluding steroid dienone is 1. The van der Waals surface area contributed by atoms with Crippen molar-refractivity contribution in [1.82, 2.24) is 0 Å². The second kappa shape index (κ2) is 6.53. The Morgan fingerprint density at radius 3 is 2.55 bits per heavy atom. The van der Waals surface area contributed by atoms with Crippen LogP contribution in [0, 0.1) is 13.8 Å². The minimum absolute atomic E-state index is 0.00680. The molecule has 0 saturated carbocycles. The van der Waals surface area contributed by atoms with Crippen LogP contribution >= 0.6 is 15.9 Å². The van der Waals surface area contributed by atoms with Gasteiger partial charge < -0.3 is 5.32 Å². The summed E-state index contributed by atoms with van der Waals surface area (Å²) in [6.07, 6.45) is 3.21. The van der Waals surface area contributed by atoms with Crippen LogP contribution in [0.25, 0.3) is 0 Å². The van der Waals surface area contributed by atoms with Gasteiger partial charge in [-0.15, -0.1) is 0 Å². The third kappa shape index (κ3) is 3.58. The molecule has 0 amide bonds. The van der Waals surface area contributed by atoms with Crippen LogP contribution in [0.5, 0.6) is 0 Å². The van der Waals surface area contributed by atoms with Crippen LogP contribution in [0.1, 0.15) is 21.5 Å². The Bertz CT molecular complexity index is 662. The van der Waals surface area contributed by atoms with Gasteiger partial charge in [0.25, 0.3) is 0 Å². The molecule has 0 bridgehead atoms. The van der Waals surface area contributed by atoms with Crippen molar-refractivity contribution in [2.45, 2.75) is 13.8 Å². The zero-order valence-electron chi connectivity index (χ0n) is 11.5. The zero-order valence-corrected chi connectivity index (χ0v) is 13.1. The number of aryl methyl sites for hydroxylation is 2. The van der Waals surface area contributed by atoms with Gasteiger partial charge in [0.2, 0.25) is 0 Å². The van der Waals surface area contributed by atoms with Crippen molar-refractivity contribution in [3.8, 4) is 0 Å². The van der Waals surface area contributed by atoms with E-state index in [1.54, 1.807) is 12.3 Å². The number of carbonyl (C=O) groups is 1. The normalized spacial score (nSPS) is 10.8. The van der Waals surface area contributed by atoms with Crippen LogP contribution in [-0.4, -0.2) is 5.78 Å². The summed E-state index contributed by atoms with van der Waals surface area (Å²) in [5.41, 5.74) is 3.95. The maximum Gasteiger partial charge on any atom is 0.187 e. The van der Waals surface area contributed by atoms with E-state index >= 15 is 0 Å². The first-order valence-corrected chi connectivity index (χ1v) is 7.16. The van der Waals surface area contributed by atoms with Gasteiger partial charge in [0.05, 0.1) is 5.69 Å². The van der Waals surface area contributed by atoms with Gasteiger partial charge in [-0.3, -0.25) is 4.79 Å². The van der Waals surface area contributed by atoms with E-state index in [1.807, 2.05) is 56.3 Å². The number of para-hydroxylation sites is 1. The lowest BCUT2D eigenvalue weighted by Crippen LogP contribution is -1.97. The van der Waals surface area contributed by atoms with E-state index in [4.69, 9.17) is 0 Å². The number of benzene rings is 2. The molecule has 2 aromatic carbocycles. The van der Waals surface area contributed by atoms with Gasteiger partial charge >= 0.3 is 0 Å². The Morgan fingerprint density at radius 1 is 1.10 bits per heavy atom. The van der Waals surface area contributed by atoms with E-state index < -0.39 is 0 Å². The van der Waals surface area contributed by atoms with Crippen LogP contribution in [-0.2, 0) is 0 Å². The molecule has 2 rings (SSSR count). The van der Waals surface area contributed by atoms with Crippen molar-refractivity contribution >= 4 is 27.4 Å². The molecule has 0 unspecified atom stereocenters. The summed E-state index contributed by atoms with van der Waals surface area (Å²) >= 11 is 3.44. The molecule has 1 N–H and O–H groups in total. The average molecular weight is 330 g/mol. The predicted octanol–water partition coefficient (Wildman–Crippen LogP) is 4.87. The number of rotatable bonds is 4. The first-order valence-electron chi connectivity index (χ1n) is 6.37. The lowest BCUT2D eigenvalue weighted by Gasteiger charge is -2.04. The topological polar surface area (TPSA) is 29.1 Å². The van der Waals surface area contributed by atoms with Crippen LogP contribution < -0.4 is 5.32 Å². The molecule has 3 heteroatoms. The first kappa shape index (κ1) is 14.5. The summed E-state index contributed by atoms with van der Waals surface area (Å²) in [7, 11) is 0. The molecule has 0 fully saturated rings. The van der Waals surface area contributed by atoms with Crippen LogP contribution in [0.3, 0.4) is 0 Å². The molecular weight excluding hydrogens is 314 g/mol. The molecule has 0 saturated heterocycles. The summed E-state index contributed by atoms with van der Waals surface area (Å²) in [6.45, 7) is 4.04. The molecule has 0 aliphatic carbocycles. The van der Waals surface area contributed by atoms with Crippen LogP contribution in [0.15, 0.2) is 59.2 Å². The molecule has 0 aliphatic rings. The molecule has 0 atom stereocenters. The largest absolute Gasteiger partial charge is 0.361 e. The molecule has 0 spiro atoms. The van der Waals surface area contributed by atoms with Gasteiger partial charge in [0, 0.05) is 22.3 Å². The number of anilines is 1. The number of nitrogens with one attached hydrogen (secondary N) is 1. The Morgan fingerprint density at radius 2 is 1.85 bits per heavy atom. The van der Waals surface area contributed by atoms with Gasteiger partial charge in [-0.2, -0.15) is 0 Å². The molecular formula is C17H16BrNO. The number of hydrogen-bond acceptors (Lipinski definition) is 2. The number of carbonyl (C=O) groups excluding carboxylic acids is 1. The van der Waals surface area contributed by atoms with Gasteiger partial charge in [-0.25, -0.2) is 0 Å². The Hall–Kier alpha value is -1.87. The maximum absolute atomic E-state index is 12.0. The summed E-state index contributed by atoms with van der Waals surface area (Å²) in [6, 6.07) is 13.5. The molecule has 0 radical (unpaired) electrons. The Balaban J connectivity index is 2.06. The zero-order chi connectivity index (χ0) is 14.5. The van der Waals surface area contributed by atoms with Crippen LogP contribution in [0.4, 0.5) is 5.69 Å². The number of hydrogen-bond donors (Lipinski definition) is 1. The lowest BCUT2D eigenvalue weighted by atomic mass is 10.0. The first-order chi connectivity index (χ1) is 9.58. The van der Waals surface area contributed by atoms with Gasteiger partial charge in [-0.1, -0.05) is 24.3 Å². The van der Waals surface area contributed by atoms with Crippen molar-refractivity contribution in [1.29, 1.82) is 0 Å². The van der Waals surface area contributed by atoms with Crippen LogP contribution in [0.2, 0.25) is 0 Å². The minimum Gasteiger partial charge on any atom is -0.361 e. The van der Waals surface area contributed by atoms with E-state index in [-0.39, 0.29) is 5.78 Å². The number of ketones is 1. The Kier molecular flexibility index (Phi) is 4.74. The highest BCUT2D eigenvalue weighted by atomic mass is 79.9. The van der Waals surface area contributed by atoms with E-state index in [9.17, 15) is 4.79 Å². The van der Waals surface area contributed by atoms with Crippen molar-refractivity contribution in [2.75, 3.05) is 5.32 Å². The molecule has 20 heavy (non-hydrogen) atoms. The quantitative estimate of drug-likeness (QED) is 0.640. The highest BCUT2D eigenvalue weighted by Crippen LogP contribution is 2.21. The second-order valence-electron chi connectivity index (χ2n) is 4.62. The molecule has 0 heterocycles. The summed E-state index contributed by atoms with van der Waals surface area (Å²) in [5.74, 6) is -0.00680. The standard InChI is InChI=1S/C17H16BrNO/c1-12-7-8-14(11-13(12)2)17(20)9-10-19-16-6-4-3-5-15(16)18/h3-11,19H,1-2H3. The number of halogens is 1. The minimum atomic E-state index is -0.00680. The molecule has 2 aromatic rings.